The largest absolute Gasteiger partial charge is 0.344 e. The standard InChI is InChI=1S/C38H51N7O6/c1-7-21(2)29(43-33(47)28-19-39-15-16-40-28)34(48)44-32(38(4,5)6)37(51)45-20-25-17-23-13-14-27(42-35(49)30(45)26(25)18-23)31(46)36(50)41-22(3)24-11-9-8-10-12-24/h8-12,15-16,19,21-23,25-27,29-30,32H,7,13-14,17-18,20H2,1-6H3,(H,41,50)(H,42,49)(H,43,47)(H,44,48)/t21?,22-,23?,25-,26-,27-,29-,30-,32+/m0/s1. The number of carbonyl (C=O) groups excluding carboxylic acids is 6. The summed E-state index contributed by atoms with van der Waals surface area (Å²) in [5.41, 5.74) is 0.155. The summed E-state index contributed by atoms with van der Waals surface area (Å²) in [6.45, 7) is 11.4. The average Bonchev–Trinajstić information content (AvgIpc) is 3.68. The van der Waals surface area contributed by atoms with Gasteiger partial charge in [0.1, 0.15) is 23.8 Å². The van der Waals surface area contributed by atoms with E-state index < -0.39 is 70.9 Å². The molecule has 13 heteroatoms. The molecule has 1 saturated carbocycles. The van der Waals surface area contributed by atoms with Crippen molar-refractivity contribution in [2.75, 3.05) is 6.54 Å². The van der Waals surface area contributed by atoms with Crippen LogP contribution in [0.1, 0.15) is 95.7 Å². The molecule has 1 aromatic heterocycles. The van der Waals surface area contributed by atoms with Crippen LogP contribution in [0.5, 0.6) is 0 Å². The summed E-state index contributed by atoms with van der Waals surface area (Å²) in [6.07, 6.45) is 7.30. The Morgan fingerprint density at radius 1 is 0.980 bits per heavy atom. The van der Waals surface area contributed by atoms with Gasteiger partial charge in [0.2, 0.25) is 23.5 Å². The first-order valence-corrected chi connectivity index (χ1v) is 18.1. The zero-order chi connectivity index (χ0) is 37.0. The van der Waals surface area contributed by atoms with Gasteiger partial charge in [-0.15, -0.1) is 0 Å². The van der Waals surface area contributed by atoms with E-state index in [1.165, 1.54) is 18.6 Å². The number of fused-ring (bicyclic) bond motifs is 1. The molecular formula is C38H51N7O6. The number of hydrogen-bond donors (Lipinski definition) is 4. The maximum absolute atomic E-state index is 14.6. The molecule has 2 bridgehead atoms. The maximum atomic E-state index is 14.6. The molecule has 2 aliphatic heterocycles. The van der Waals surface area contributed by atoms with E-state index in [1.807, 2.05) is 65.0 Å². The number of nitrogens with one attached hydrogen (secondary N) is 4. The molecule has 13 nitrogen and oxygen atoms in total. The number of benzene rings is 1. The third-order valence-electron chi connectivity index (χ3n) is 10.9. The van der Waals surface area contributed by atoms with Crippen molar-refractivity contribution < 1.29 is 28.8 Å². The molecule has 1 aliphatic carbocycles. The zero-order valence-corrected chi connectivity index (χ0v) is 30.3. The van der Waals surface area contributed by atoms with Crippen LogP contribution in [0.25, 0.3) is 0 Å². The highest BCUT2D eigenvalue weighted by Crippen LogP contribution is 2.48. The van der Waals surface area contributed by atoms with Crippen LogP contribution in [0.3, 0.4) is 0 Å². The van der Waals surface area contributed by atoms with Gasteiger partial charge in [0.05, 0.1) is 18.3 Å². The second-order valence-electron chi connectivity index (χ2n) is 15.5. The Labute approximate surface area is 299 Å². The molecule has 9 atom stereocenters. The fourth-order valence-electron chi connectivity index (χ4n) is 7.83. The molecule has 51 heavy (non-hydrogen) atoms. The van der Waals surface area contributed by atoms with Gasteiger partial charge in [0, 0.05) is 18.9 Å². The van der Waals surface area contributed by atoms with Crippen LogP contribution in [0.2, 0.25) is 0 Å². The highest BCUT2D eigenvalue weighted by Gasteiger charge is 2.55. The summed E-state index contributed by atoms with van der Waals surface area (Å²) in [4.78, 5) is 91.8. The lowest BCUT2D eigenvalue weighted by Gasteiger charge is -2.37. The van der Waals surface area contributed by atoms with E-state index in [2.05, 4.69) is 31.2 Å². The van der Waals surface area contributed by atoms with E-state index in [9.17, 15) is 28.8 Å². The topological polar surface area (TPSA) is 180 Å². The number of amides is 5. The second-order valence-corrected chi connectivity index (χ2v) is 15.5. The van der Waals surface area contributed by atoms with E-state index >= 15 is 0 Å². The van der Waals surface area contributed by atoms with E-state index in [4.69, 9.17) is 0 Å². The van der Waals surface area contributed by atoms with Gasteiger partial charge in [-0.3, -0.25) is 33.8 Å². The van der Waals surface area contributed by atoms with Gasteiger partial charge < -0.3 is 26.2 Å². The third kappa shape index (κ3) is 8.45. The minimum atomic E-state index is -1.03. The van der Waals surface area contributed by atoms with Crippen molar-refractivity contribution in [1.82, 2.24) is 36.1 Å². The predicted molar refractivity (Wildman–Crippen MR) is 189 cm³/mol. The Morgan fingerprint density at radius 2 is 1.71 bits per heavy atom. The van der Waals surface area contributed by atoms with E-state index in [1.54, 1.807) is 11.8 Å². The summed E-state index contributed by atoms with van der Waals surface area (Å²) >= 11 is 0. The van der Waals surface area contributed by atoms with Gasteiger partial charge in [-0.05, 0) is 67.3 Å². The number of aromatic nitrogens is 2. The lowest BCUT2D eigenvalue weighted by Crippen LogP contribution is -2.62. The molecule has 2 aromatic rings. The molecule has 274 valence electrons. The van der Waals surface area contributed by atoms with Crippen LogP contribution in [0, 0.1) is 29.1 Å². The Kier molecular flexibility index (Phi) is 11.6. The van der Waals surface area contributed by atoms with Crippen LogP contribution in [-0.4, -0.2) is 80.9 Å². The molecule has 0 radical (unpaired) electrons. The van der Waals surface area contributed by atoms with Gasteiger partial charge in [-0.25, -0.2) is 4.98 Å². The highest BCUT2D eigenvalue weighted by molar-refractivity contribution is 6.38. The smallest absolute Gasteiger partial charge is 0.290 e. The zero-order valence-electron chi connectivity index (χ0n) is 30.3. The van der Waals surface area contributed by atoms with Crippen LogP contribution >= 0.6 is 0 Å². The Hall–Kier alpha value is -4.68. The predicted octanol–water partition coefficient (Wildman–Crippen LogP) is 2.73. The van der Waals surface area contributed by atoms with Crippen molar-refractivity contribution >= 4 is 35.3 Å². The molecule has 5 rings (SSSR count). The summed E-state index contributed by atoms with van der Waals surface area (Å²) in [5.74, 6) is -3.42. The molecule has 2 saturated heterocycles. The Bertz CT molecular complexity index is 1610. The number of hydrogen-bond acceptors (Lipinski definition) is 8. The normalized spacial score (nSPS) is 25.2. The van der Waals surface area contributed by atoms with Crippen molar-refractivity contribution in [2.45, 2.75) is 104 Å². The fourth-order valence-corrected chi connectivity index (χ4v) is 7.83. The molecule has 3 heterocycles. The summed E-state index contributed by atoms with van der Waals surface area (Å²) < 4.78 is 0. The van der Waals surface area contributed by atoms with Crippen LogP contribution < -0.4 is 21.3 Å². The third-order valence-corrected chi connectivity index (χ3v) is 10.9. The molecule has 0 spiro atoms. The summed E-state index contributed by atoms with van der Waals surface area (Å²) in [6, 6.07) is 5.05. The quantitative estimate of drug-likeness (QED) is 0.258. The van der Waals surface area contributed by atoms with Gasteiger partial charge in [0.25, 0.3) is 11.8 Å². The number of ketones is 1. The summed E-state index contributed by atoms with van der Waals surface area (Å²) in [7, 11) is 0. The van der Waals surface area contributed by atoms with E-state index in [-0.39, 0.29) is 29.4 Å². The number of nitrogens with zero attached hydrogens (tertiary/aromatic N) is 3. The molecule has 4 N–H and O–H groups in total. The first kappa shape index (κ1) is 37.6. The first-order valence-electron chi connectivity index (χ1n) is 18.1. The molecule has 1 aromatic carbocycles. The van der Waals surface area contributed by atoms with Crippen molar-refractivity contribution in [1.29, 1.82) is 0 Å². The summed E-state index contributed by atoms with van der Waals surface area (Å²) in [5, 5.41) is 11.3. The minimum Gasteiger partial charge on any atom is -0.344 e. The minimum absolute atomic E-state index is 0.0650. The number of carbonyl (C=O) groups is 6. The van der Waals surface area contributed by atoms with Crippen LogP contribution in [0.15, 0.2) is 48.9 Å². The van der Waals surface area contributed by atoms with E-state index in [0.717, 1.165) is 18.4 Å². The van der Waals surface area contributed by atoms with Gasteiger partial charge in [0.15, 0.2) is 0 Å². The molecule has 2 unspecified atom stereocenters. The lowest BCUT2D eigenvalue weighted by atomic mass is 9.84. The fraction of sp³-hybridized carbons (Fsp3) is 0.579. The first-order chi connectivity index (χ1) is 24.2. The second kappa shape index (κ2) is 15.7. The average molecular weight is 702 g/mol. The van der Waals surface area contributed by atoms with Crippen LogP contribution in [0.4, 0.5) is 0 Å². The van der Waals surface area contributed by atoms with Gasteiger partial charge >= 0.3 is 0 Å². The van der Waals surface area contributed by atoms with Crippen molar-refractivity contribution in [2.24, 2.45) is 29.1 Å². The molecule has 5 amide bonds. The Balaban J connectivity index is 1.33. The van der Waals surface area contributed by atoms with Crippen molar-refractivity contribution in [3.05, 3.63) is 60.2 Å². The lowest BCUT2D eigenvalue weighted by molar-refractivity contribution is -0.146. The van der Waals surface area contributed by atoms with Gasteiger partial charge in [-0.2, -0.15) is 0 Å². The molecular weight excluding hydrogens is 650 g/mol. The van der Waals surface area contributed by atoms with Crippen LogP contribution in [-0.2, 0) is 24.0 Å². The monoisotopic (exact) mass is 701 g/mol. The van der Waals surface area contributed by atoms with E-state index in [0.29, 0.717) is 25.8 Å². The van der Waals surface area contributed by atoms with Crippen molar-refractivity contribution in [3.63, 3.8) is 0 Å². The SMILES string of the molecule is CCC(C)[C@H](NC(=O)c1cnccn1)C(=O)N[C@H](C(=O)N1C[C@@H]2CC3CC[C@@H](C(=O)C(=O)N[C@@H](C)c4ccccc4)NC(=O)[C@@H]1[C@H]2C3)C(C)(C)C. The van der Waals surface area contributed by atoms with Gasteiger partial charge in [-0.1, -0.05) is 71.4 Å². The number of rotatable bonds is 11. The molecule has 3 aliphatic rings. The highest BCUT2D eigenvalue weighted by atomic mass is 16.2. The van der Waals surface area contributed by atoms with Crippen molar-refractivity contribution in [3.8, 4) is 0 Å². The number of Topliss-reactive ketones (excluding diaryl/α,β-unsaturated/α-hetero) is 1. The Morgan fingerprint density at radius 3 is 2.35 bits per heavy atom. The maximum Gasteiger partial charge on any atom is 0.290 e. The number of likely N-dealkylation sites (tertiary alicyclic amines) is 1. The molecule has 3 fully saturated rings.